The molecular weight excluding hydrogens is 472 g/mol. The number of ketones is 1. The van der Waals surface area contributed by atoms with Gasteiger partial charge in [-0.2, -0.15) is 0 Å². The van der Waals surface area contributed by atoms with Crippen LogP contribution in [0.3, 0.4) is 0 Å². The van der Waals surface area contributed by atoms with Gasteiger partial charge in [0, 0.05) is 50.2 Å². The third kappa shape index (κ3) is 5.76. The summed E-state index contributed by atoms with van der Waals surface area (Å²) in [4.78, 5) is 37.0. The fourth-order valence-electron chi connectivity index (χ4n) is 5.96. The molecule has 2 atom stereocenters. The molecule has 1 unspecified atom stereocenters. The van der Waals surface area contributed by atoms with Crippen molar-refractivity contribution in [3.63, 3.8) is 0 Å². The fourth-order valence-corrected chi connectivity index (χ4v) is 6.25. The first kappa shape index (κ1) is 26.6. The lowest BCUT2D eigenvalue weighted by Gasteiger charge is -2.41. The molecule has 7 heteroatoms. The highest BCUT2D eigenvalue weighted by Gasteiger charge is 2.42. The first-order valence-electron chi connectivity index (χ1n) is 13.3. The zero-order chi connectivity index (χ0) is 25.8. The molecule has 0 spiro atoms. The maximum Gasteiger partial charge on any atom is 0.320 e. The Hall–Kier alpha value is -2.44. The molecule has 2 amide bonds. The van der Waals surface area contributed by atoms with Crippen LogP contribution >= 0.6 is 11.6 Å². The van der Waals surface area contributed by atoms with Crippen molar-refractivity contribution in [3.05, 3.63) is 63.9 Å². The Balaban J connectivity index is 1.30. The van der Waals surface area contributed by atoms with Crippen LogP contribution in [-0.2, 0) is 0 Å². The van der Waals surface area contributed by atoms with Gasteiger partial charge in [0.15, 0.2) is 5.78 Å². The second-order valence-corrected chi connectivity index (χ2v) is 10.7. The number of aromatic nitrogens is 1. The minimum Gasteiger partial charge on any atom is -0.322 e. The first-order valence-corrected chi connectivity index (χ1v) is 13.7. The molecule has 2 aliphatic heterocycles. The van der Waals surface area contributed by atoms with Gasteiger partial charge in [-0.25, -0.2) is 9.78 Å². The number of rotatable bonds is 9. The Morgan fingerprint density at radius 3 is 2.50 bits per heavy atom. The van der Waals surface area contributed by atoms with Crippen molar-refractivity contribution in [1.29, 1.82) is 0 Å². The number of aryl methyl sites for hydroxylation is 2. The van der Waals surface area contributed by atoms with E-state index in [2.05, 4.69) is 52.9 Å². The van der Waals surface area contributed by atoms with Crippen LogP contribution in [0.4, 0.5) is 4.79 Å². The van der Waals surface area contributed by atoms with E-state index in [4.69, 9.17) is 11.6 Å². The predicted molar refractivity (Wildman–Crippen MR) is 145 cm³/mol. The number of nitrogens with zero attached hydrogens (tertiary/aromatic N) is 4. The molecule has 0 bridgehead atoms. The van der Waals surface area contributed by atoms with Crippen molar-refractivity contribution in [3.8, 4) is 0 Å². The average Bonchev–Trinajstić information content (AvgIpc) is 3.20. The lowest BCUT2D eigenvalue weighted by molar-refractivity contribution is 0.0891. The molecule has 0 radical (unpaired) electrons. The Labute approximate surface area is 220 Å². The van der Waals surface area contributed by atoms with E-state index in [0.29, 0.717) is 23.3 Å². The molecule has 4 rings (SSSR count). The van der Waals surface area contributed by atoms with Gasteiger partial charge in [-0.05, 0) is 70.6 Å². The molecule has 0 N–H and O–H groups in total. The summed E-state index contributed by atoms with van der Waals surface area (Å²) in [6.45, 7) is 11.6. The minimum atomic E-state index is 0.132. The van der Waals surface area contributed by atoms with E-state index in [1.165, 1.54) is 5.56 Å². The number of hydrogen-bond donors (Lipinski definition) is 0. The molecule has 3 heterocycles. The number of Topliss-reactive ketones (excluding diaryl/α,β-unsaturated/α-hetero) is 1. The third-order valence-electron chi connectivity index (χ3n) is 7.97. The lowest BCUT2D eigenvalue weighted by Crippen LogP contribution is -2.49. The summed E-state index contributed by atoms with van der Waals surface area (Å²) < 4.78 is 0. The largest absolute Gasteiger partial charge is 0.322 e. The van der Waals surface area contributed by atoms with Crippen LogP contribution in [-0.4, -0.2) is 69.8 Å². The summed E-state index contributed by atoms with van der Waals surface area (Å²) in [5.41, 5.74) is 3.56. The predicted octanol–water partition coefficient (Wildman–Crippen LogP) is 6.06. The van der Waals surface area contributed by atoms with Crippen LogP contribution in [0.25, 0.3) is 0 Å². The van der Waals surface area contributed by atoms with Gasteiger partial charge in [-0.1, -0.05) is 41.9 Å². The van der Waals surface area contributed by atoms with Crippen molar-refractivity contribution in [2.75, 3.05) is 26.2 Å². The van der Waals surface area contributed by atoms with E-state index in [9.17, 15) is 9.59 Å². The molecule has 0 aliphatic carbocycles. The summed E-state index contributed by atoms with van der Waals surface area (Å²) in [7, 11) is 0. The summed E-state index contributed by atoms with van der Waals surface area (Å²) in [6.07, 6.45) is 4.34. The van der Waals surface area contributed by atoms with E-state index in [-0.39, 0.29) is 23.9 Å². The van der Waals surface area contributed by atoms with Crippen molar-refractivity contribution in [1.82, 2.24) is 19.7 Å². The van der Waals surface area contributed by atoms with Crippen LogP contribution in [0.5, 0.6) is 0 Å². The topological polar surface area (TPSA) is 56.8 Å². The van der Waals surface area contributed by atoms with Gasteiger partial charge in [0.2, 0.25) is 0 Å². The van der Waals surface area contributed by atoms with Gasteiger partial charge in [0.1, 0.15) is 5.15 Å². The molecule has 194 valence electrons. The van der Waals surface area contributed by atoms with E-state index >= 15 is 0 Å². The fraction of sp³-hybridized carbons (Fsp3) is 0.552. The third-order valence-corrected chi connectivity index (χ3v) is 8.17. The zero-order valence-corrected chi connectivity index (χ0v) is 22.8. The van der Waals surface area contributed by atoms with Crippen LogP contribution in [0.1, 0.15) is 79.2 Å². The number of hydrogen-bond acceptors (Lipinski definition) is 4. The highest BCUT2D eigenvalue weighted by Crippen LogP contribution is 2.35. The Kier molecular flexibility index (Phi) is 8.68. The Bertz CT molecular complexity index is 1050. The van der Waals surface area contributed by atoms with E-state index in [0.717, 1.165) is 63.0 Å². The molecule has 6 nitrogen and oxygen atoms in total. The number of pyridine rings is 1. The lowest BCUT2D eigenvalue weighted by atomic mass is 9.96. The maximum absolute atomic E-state index is 13.2. The van der Waals surface area contributed by atoms with E-state index < -0.39 is 0 Å². The average molecular weight is 511 g/mol. The first-order chi connectivity index (χ1) is 17.3. The number of benzene rings is 1. The number of likely N-dealkylation sites (N-methyl/N-ethyl adjacent to an activating group) is 1. The Morgan fingerprint density at radius 2 is 1.86 bits per heavy atom. The zero-order valence-electron chi connectivity index (χ0n) is 22.0. The molecule has 2 fully saturated rings. The Morgan fingerprint density at radius 1 is 1.17 bits per heavy atom. The molecule has 1 aromatic carbocycles. The van der Waals surface area contributed by atoms with Gasteiger partial charge in [0.25, 0.3) is 0 Å². The monoisotopic (exact) mass is 510 g/mol. The van der Waals surface area contributed by atoms with Gasteiger partial charge >= 0.3 is 6.03 Å². The van der Waals surface area contributed by atoms with Gasteiger partial charge in [-0.15, -0.1) is 0 Å². The van der Waals surface area contributed by atoms with Crippen LogP contribution in [0.15, 0.2) is 36.4 Å². The van der Waals surface area contributed by atoms with Crippen LogP contribution in [0, 0.1) is 13.8 Å². The molecule has 1 aromatic heterocycles. The smallest absolute Gasteiger partial charge is 0.320 e. The van der Waals surface area contributed by atoms with Crippen molar-refractivity contribution < 1.29 is 9.59 Å². The molecular formula is C29H39ClN4O2. The SMILES string of the molecule is CCN1C[C@@H](c2ccccc2)N(C2CCN(C(C)CCCC(=O)c3c(C)cc(Cl)nc3C)CC2)C1=O. The quantitative estimate of drug-likeness (QED) is 0.304. The number of carbonyl (C=O) groups is 2. The standard InChI is InChI=1S/C29H39ClN4O2/c1-5-32-19-25(23-11-7-6-8-12-23)34(29(32)36)24-14-16-33(17-15-24)21(3)10-9-13-26(35)28-20(2)18-27(30)31-22(28)4/h6-8,11-12,18,21,24-25H,5,9-10,13-17,19H2,1-4H3/t21?,25-/m0/s1. The second kappa shape index (κ2) is 11.7. The van der Waals surface area contributed by atoms with Gasteiger partial charge in [-0.3, -0.25) is 4.79 Å². The summed E-state index contributed by atoms with van der Waals surface area (Å²) >= 11 is 6.02. The van der Waals surface area contributed by atoms with Crippen molar-refractivity contribution >= 4 is 23.4 Å². The van der Waals surface area contributed by atoms with Crippen molar-refractivity contribution in [2.24, 2.45) is 0 Å². The molecule has 2 aromatic rings. The number of urea groups is 1. The van der Waals surface area contributed by atoms with Gasteiger partial charge < -0.3 is 14.7 Å². The number of halogens is 1. The molecule has 36 heavy (non-hydrogen) atoms. The van der Waals surface area contributed by atoms with E-state index in [1.807, 2.05) is 24.8 Å². The number of amides is 2. The van der Waals surface area contributed by atoms with Crippen LogP contribution < -0.4 is 0 Å². The molecule has 2 aliphatic rings. The highest BCUT2D eigenvalue weighted by molar-refractivity contribution is 6.29. The molecule has 2 saturated heterocycles. The van der Waals surface area contributed by atoms with E-state index in [1.54, 1.807) is 6.07 Å². The summed E-state index contributed by atoms with van der Waals surface area (Å²) in [5.74, 6) is 0.153. The van der Waals surface area contributed by atoms with Gasteiger partial charge in [0.05, 0.1) is 11.7 Å². The number of piperidine rings is 1. The number of carbonyl (C=O) groups excluding carboxylic acids is 2. The maximum atomic E-state index is 13.2. The molecule has 0 saturated carbocycles. The minimum absolute atomic E-state index is 0.132. The van der Waals surface area contributed by atoms with Crippen LogP contribution in [0.2, 0.25) is 5.15 Å². The highest BCUT2D eigenvalue weighted by atomic mass is 35.5. The van der Waals surface area contributed by atoms with Crippen molar-refractivity contribution in [2.45, 2.75) is 77.9 Å². The summed E-state index contributed by atoms with van der Waals surface area (Å²) in [6, 6.07) is 13.2. The second-order valence-electron chi connectivity index (χ2n) is 10.3. The number of likely N-dealkylation sites (tertiary alicyclic amines) is 1. The summed E-state index contributed by atoms with van der Waals surface area (Å²) in [5, 5.41) is 0.437. The normalized spacial score (nSPS) is 20.2.